The van der Waals surface area contributed by atoms with Crippen LogP contribution in [0.25, 0.3) is 0 Å². The van der Waals surface area contributed by atoms with E-state index in [-0.39, 0.29) is 12.5 Å². The van der Waals surface area contributed by atoms with Gasteiger partial charge >= 0.3 is 0 Å². The van der Waals surface area contributed by atoms with Crippen LogP contribution in [0.3, 0.4) is 0 Å². The van der Waals surface area contributed by atoms with Crippen LogP contribution in [-0.2, 0) is 4.79 Å². The maximum Gasteiger partial charge on any atom is 0.243 e. The average Bonchev–Trinajstić information content (AvgIpc) is 2.56. The largest absolute Gasteiger partial charge is 0.493 e. The van der Waals surface area contributed by atoms with E-state index >= 15 is 0 Å². The van der Waals surface area contributed by atoms with Gasteiger partial charge in [0, 0.05) is 17.4 Å². The van der Waals surface area contributed by atoms with E-state index < -0.39 is 0 Å². The molecule has 2 aromatic rings. The fourth-order valence-electron chi connectivity index (χ4n) is 2.13. The Kier molecular flexibility index (Phi) is 6.17. The quantitative estimate of drug-likeness (QED) is 0.794. The number of ether oxygens (including phenoxy) is 2. The first-order chi connectivity index (χ1) is 11.4. The summed E-state index contributed by atoms with van der Waals surface area (Å²) in [6, 6.07) is 8.56. The fraction of sp³-hybridized carbons (Fsp3) is 0.235. The van der Waals surface area contributed by atoms with Crippen LogP contribution in [0, 0.1) is 6.92 Å². The van der Waals surface area contributed by atoms with E-state index in [0.717, 1.165) is 11.3 Å². The van der Waals surface area contributed by atoms with E-state index in [1.54, 1.807) is 38.5 Å². The van der Waals surface area contributed by atoms with Crippen molar-refractivity contribution in [1.82, 2.24) is 0 Å². The monoisotopic (exact) mass is 368 g/mol. The topological polar surface area (TPSA) is 59.6 Å². The van der Waals surface area contributed by atoms with Crippen LogP contribution >= 0.6 is 23.2 Å². The Morgan fingerprint density at radius 2 is 1.71 bits per heavy atom. The Bertz CT molecular complexity index is 751. The molecule has 5 nitrogen and oxygen atoms in total. The number of anilines is 2. The fourth-order valence-corrected chi connectivity index (χ4v) is 2.42. The molecule has 1 amide bonds. The van der Waals surface area contributed by atoms with Crippen LogP contribution in [0.5, 0.6) is 11.5 Å². The van der Waals surface area contributed by atoms with Crippen LogP contribution < -0.4 is 20.1 Å². The highest BCUT2D eigenvalue weighted by Gasteiger charge is 2.10. The molecule has 0 spiro atoms. The van der Waals surface area contributed by atoms with Crippen molar-refractivity contribution in [3.63, 3.8) is 0 Å². The molecule has 0 fully saturated rings. The summed E-state index contributed by atoms with van der Waals surface area (Å²) in [5, 5.41) is 6.65. The summed E-state index contributed by atoms with van der Waals surface area (Å²) in [5.41, 5.74) is 2.31. The third kappa shape index (κ3) is 4.46. The van der Waals surface area contributed by atoms with Crippen LogP contribution in [0.1, 0.15) is 5.56 Å². The van der Waals surface area contributed by atoms with Crippen molar-refractivity contribution in [2.45, 2.75) is 6.92 Å². The van der Waals surface area contributed by atoms with Crippen LogP contribution in [0.15, 0.2) is 30.3 Å². The third-order valence-corrected chi connectivity index (χ3v) is 4.11. The second kappa shape index (κ2) is 8.13. The normalized spacial score (nSPS) is 10.2. The summed E-state index contributed by atoms with van der Waals surface area (Å²) >= 11 is 11.8. The van der Waals surface area contributed by atoms with Crippen molar-refractivity contribution >= 4 is 40.5 Å². The number of nitrogens with one attached hydrogen (secondary N) is 2. The molecule has 0 unspecified atom stereocenters. The zero-order valence-electron chi connectivity index (χ0n) is 13.6. The first-order valence-electron chi connectivity index (χ1n) is 7.16. The minimum absolute atomic E-state index is 0.0938. The van der Waals surface area contributed by atoms with Gasteiger partial charge in [-0.3, -0.25) is 4.79 Å². The van der Waals surface area contributed by atoms with Gasteiger partial charge in [0.05, 0.1) is 30.8 Å². The van der Waals surface area contributed by atoms with Gasteiger partial charge in [0.2, 0.25) is 5.91 Å². The van der Waals surface area contributed by atoms with Gasteiger partial charge in [-0.25, -0.2) is 0 Å². The smallest absolute Gasteiger partial charge is 0.243 e. The minimum Gasteiger partial charge on any atom is -0.493 e. The molecule has 0 aliphatic heterocycles. The van der Waals surface area contributed by atoms with E-state index in [2.05, 4.69) is 10.6 Å². The Labute approximate surface area is 150 Å². The number of hydrogen-bond donors (Lipinski definition) is 2. The van der Waals surface area contributed by atoms with Crippen molar-refractivity contribution in [2.75, 3.05) is 31.4 Å². The van der Waals surface area contributed by atoms with Gasteiger partial charge in [-0.05, 0) is 36.8 Å². The Morgan fingerprint density at radius 1 is 1.04 bits per heavy atom. The van der Waals surface area contributed by atoms with E-state index in [1.807, 2.05) is 13.0 Å². The molecule has 2 aromatic carbocycles. The number of halogens is 2. The van der Waals surface area contributed by atoms with Crippen LogP contribution in [0.2, 0.25) is 10.0 Å². The molecule has 0 saturated heterocycles. The first-order valence-corrected chi connectivity index (χ1v) is 7.91. The van der Waals surface area contributed by atoms with E-state index in [0.29, 0.717) is 27.2 Å². The zero-order chi connectivity index (χ0) is 17.7. The molecule has 0 bridgehead atoms. The molecule has 2 rings (SSSR count). The molecular formula is C17H18Cl2N2O3. The number of carbonyl (C=O) groups is 1. The van der Waals surface area contributed by atoms with Gasteiger partial charge in [-0.15, -0.1) is 0 Å². The van der Waals surface area contributed by atoms with E-state index in [9.17, 15) is 4.79 Å². The Morgan fingerprint density at radius 3 is 2.33 bits per heavy atom. The molecule has 128 valence electrons. The highest BCUT2D eigenvalue weighted by Crippen LogP contribution is 2.32. The van der Waals surface area contributed by atoms with Crippen molar-refractivity contribution in [2.24, 2.45) is 0 Å². The highest BCUT2D eigenvalue weighted by molar-refractivity contribution is 6.42. The number of amides is 1. The number of methoxy groups -OCH3 is 2. The summed E-state index contributed by atoms with van der Waals surface area (Å²) in [6.07, 6.45) is 0. The van der Waals surface area contributed by atoms with Crippen molar-refractivity contribution < 1.29 is 14.3 Å². The third-order valence-electron chi connectivity index (χ3n) is 3.37. The molecule has 0 atom stereocenters. The first kappa shape index (κ1) is 18.2. The maximum absolute atomic E-state index is 12.1. The lowest BCUT2D eigenvalue weighted by Gasteiger charge is -2.14. The Balaban J connectivity index is 2.02. The molecule has 0 saturated carbocycles. The lowest BCUT2D eigenvalue weighted by Crippen LogP contribution is -2.22. The molecule has 2 N–H and O–H groups in total. The van der Waals surface area contributed by atoms with Gasteiger partial charge in [-0.2, -0.15) is 0 Å². The molecule has 0 heterocycles. The summed E-state index contributed by atoms with van der Waals surface area (Å²) < 4.78 is 10.5. The summed E-state index contributed by atoms with van der Waals surface area (Å²) in [7, 11) is 3.14. The average molecular weight is 369 g/mol. The lowest BCUT2D eigenvalue weighted by atomic mass is 10.1. The molecule has 0 aromatic heterocycles. The Hall–Kier alpha value is -2.11. The SMILES string of the molecule is COc1cc(C)c(NCC(=O)Nc2ccc(Cl)c(Cl)c2)cc1OC. The predicted molar refractivity (Wildman–Crippen MR) is 97.9 cm³/mol. The molecular weight excluding hydrogens is 351 g/mol. The molecule has 7 heteroatoms. The number of rotatable bonds is 6. The van der Waals surface area contributed by atoms with Gasteiger partial charge in [0.1, 0.15) is 0 Å². The van der Waals surface area contributed by atoms with Gasteiger partial charge in [0.25, 0.3) is 0 Å². The lowest BCUT2D eigenvalue weighted by molar-refractivity contribution is -0.114. The van der Waals surface area contributed by atoms with Crippen molar-refractivity contribution in [3.05, 3.63) is 45.9 Å². The van der Waals surface area contributed by atoms with Gasteiger partial charge in [0.15, 0.2) is 11.5 Å². The summed E-state index contributed by atoms with van der Waals surface area (Å²) in [4.78, 5) is 12.1. The number of carbonyl (C=O) groups excluding carboxylic acids is 1. The molecule has 0 aliphatic carbocycles. The van der Waals surface area contributed by atoms with Crippen LogP contribution in [0.4, 0.5) is 11.4 Å². The van der Waals surface area contributed by atoms with E-state index in [1.165, 1.54) is 0 Å². The summed E-state index contributed by atoms with van der Waals surface area (Å²) in [5.74, 6) is 1.03. The number of benzene rings is 2. The summed E-state index contributed by atoms with van der Waals surface area (Å²) in [6.45, 7) is 2.01. The zero-order valence-corrected chi connectivity index (χ0v) is 15.1. The van der Waals surface area contributed by atoms with Crippen molar-refractivity contribution in [1.29, 1.82) is 0 Å². The van der Waals surface area contributed by atoms with E-state index in [4.69, 9.17) is 32.7 Å². The van der Waals surface area contributed by atoms with Gasteiger partial charge in [-0.1, -0.05) is 23.2 Å². The maximum atomic E-state index is 12.1. The molecule has 0 radical (unpaired) electrons. The van der Waals surface area contributed by atoms with Gasteiger partial charge < -0.3 is 20.1 Å². The second-order valence-electron chi connectivity index (χ2n) is 5.05. The standard InChI is InChI=1S/C17H18Cl2N2O3/c1-10-6-15(23-2)16(24-3)8-14(10)20-9-17(22)21-11-4-5-12(18)13(19)7-11/h4-8,20H,9H2,1-3H3,(H,21,22). The molecule has 24 heavy (non-hydrogen) atoms. The number of aryl methyl sites for hydroxylation is 1. The second-order valence-corrected chi connectivity index (χ2v) is 5.87. The van der Waals surface area contributed by atoms with Crippen molar-refractivity contribution in [3.8, 4) is 11.5 Å². The van der Waals surface area contributed by atoms with Crippen LogP contribution in [-0.4, -0.2) is 26.7 Å². The highest BCUT2D eigenvalue weighted by atomic mass is 35.5. The molecule has 0 aliphatic rings. The number of hydrogen-bond acceptors (Lipinski definition) is 4. The minimum atomic E-state index is -0.206. The predicted octanol–water partition coefficient (Wildman–Crippen LogP) is 4.37.